The van der Waals surface area contributed by atoms with Crippen LogP contribution < -0.4 is 5.32 Å². The highest BCUT2D eigenvalue weighted by Crippen LogP contribution is 2.27. The number of rotatable bonds is 5. The third kappa shape index (κ3) is 5.10. The number of likely N-dealkylation sites (tertiary alicyclic amines) is 1. The molecule has 3 rings (SSSR count). The standard InChI is InChI=1S/C23H30N2O2/c1-23(2,3)19-10-11-21(26)20(14-19)22(27)24-15-17-6-8-18(9-7-17)16-25-12-4-5-13-25/h6-11,14,26H,4-5,12-13,15-16H2,1-3H3,(H,24,27). The summed E-state index contributed by atoms with van der Waals surface area (Å²) in [4.78, 5) is 15.0. The van der Waals surface area contributed by atoms with Crippen LogP contribution in [0.15, 0.2) is 42.5 Å². The number of aromatic hydroxyl groups is 1. The average Bonchev–Trinajstić information content (AvgIpc) is 3.13. The van der Waals surface area contributed by atoms with Crippen molar-refractivity contribution in [2.75, 3.05) is 13.1 Å². The van der Waals surface area contributed by atoms with E-state index in [4.69, 9.17) is 0 Å². The van der Waals surface area contributed by atoms with Gasteiger partial charge in [-0.1, -0.05) is 51.1 Å². The third-order valence-electron chi connectivity index (χ3n) is 5.19. The molecule has 144 valence electrons. The molecule has 1 aliphatic rings. The van der Waals surface area contributed by atoms with Crippen molar-refractivity contribution in [3.05, 3.63) is 64.7 Å². The van der Waals surface area contributed by atoms with E-state index in [-0.39, 0.29) is 17.1 Å². The molecule has 1 heterocycles. The Labute approximate surface area is 162 Å². The van der Waals surface area contributed by atoms with Crippen LogP contribution in [0.5, 0.6) is 5.75 Å². The largest absolute Gasteiger partial charge is 0.507 e. The van der Waals surface area contributed by atoms with Crippen molar-refractivity contribution in [3.63, 3.8) is 0 Å². The Hall–Kier alpha value is -2.33. The van der Waals surface area contributed by atoms with E-state index in [9.17, 15) is 9.90 Å². The number of carbonyl (C=O) groups excluding carboxylic acids is 1. The lowest BCUT2D eigenvalue weighted by Crippen LogP contribution is -2.24. The molecule has 4 heteroatoms. The highest BCUT2D eigenvalue weighted by Gasteiger charge is 2.18. The zero-order chi connectivity index (χ0) is 19.4. The molecule has 2 N–H and O–H groups in total. The van der Waals surface area contributed by atoms with Gasteiger partial charge in [0.15, 0.2) is 0 Å². The minimum Gasteiger partial charge on any atom is -0.507 e. The van der Waals surface area contributed by atoms with Crippen LogP contribution >= 0.6 is 0 Å². The summed E-state index contributed by atoms with van der Waals surface area (Å²) in [6.07, 6.45) is 2.60. The van der Waals surface area contributed by atoms with E-state index >= 15 is 0 Å². The van der Waals surface area contributed by atoms with E-state index in [1.165, 1.54) is 31.5 Å². The number of phenolic OH excluding ortho intramolecular Hbond substituents is 1. The Kier molecular flexibility index (Phi) is 5.85. The second-order valence-electron chi connectivity index (χ2n) is 8.46. The fourth-order valence-electron chi connectivity index (χ4n) is 3.42. The molecule has 0 aromatic heterocycles. The number of nitrogens with zero attached hydrogens (tertiary/aromatic N) is 1. The molecule has 1 fully saturated rings. The molecular weight excluding hydrogens is 336 g/mol. The first-order valence-corrected chi connectivity index (χ1v) is 9.75. The van der Waals surface area contributed by atoms with Gasteiger partial charge >= 0.3 is 0 Å². The van der Waals surface area contributed by atoms with Crippen molar-refractivity contribution in [1.82, 2.24) is 10.2 Å². The zero-order valence-electron chi connectivity index (χ0n) is 16.6. The maximum atomic E-state index is 12.5. The lowest BCUT2D eigenvalue weighted by molar-refractivity contribution is 0.0948. The van der Waals surface area contributed by atoms with Crippen molar-refractivity contribution in [2.45, 2.75) is 52.1 Å². The second kappa shape index (κ2) is 8.13. The van der Waals surface area contributed by atoms with Gasteiger partial charge < -0.3 is 10.4 Å². The van der Waals surface area contributed by atoms with Crippen LogP contribution in [0, 0.1) is 0 Å². The SMILES string of the molecule is CC(C)(C)c1ccc(O)c(C(=O)NCc2ccc(CN3CCCC3)cc2)c1. The van der Waals surface area contributed by atoms with Crippen LogP contribution in [0.1, 0.15) is 60.7 Å². The first kappa shape index (κ1) is 19.4. The summed E-state index contributed by atoms with van der Waals surface area (Å²) in [5.41, 5.74) is 3.64. The van der Waals surface area contributed by atoms with E-state index in [1.54, 1.807) is 12.1 Å². The van der Waals surface area contributed by atoms with Crippen LogP contribution in [0.4, 0.5) is 0 Å². The van der Waals surface area contributed by atoms with E-state index in [0.29, 0.717) is 12.1 Å². The quantitative estimate of drug-likeness (QED) is 0.833. The fourth-order valence-corrected chi connectivity index (χ4v) is 3.42. The molecule has 0 radical (unpaired) electrons. The van der Waals surface area contributed by atoms with Crippen LogP contribution in [-0.2, 0) is 18.5 Å². The minimum absolute atomic E-state index is 0.0152. The Morgan fingerprint density at radius 2 is 1.67 bits per heavy atom. The van der Waals surface area contributed by atoms with E-state index < -0.39 is 0 Å². The molecule has 4 nitrogen and oxygen atoms in total. The van der Waals surface area contributed by atoms with E-state index in [0.717, 1.165) is 17.7 Å². The van der Waals surface area contributed by atoms with E-state index in [1.807, 2.05) is 6.07 Å². The molecule has 1 saturated heterocycles. The average molecular weight is 367 g/mol. The summed E-state index contributed by atoms with van der Waals surface area (Å²) >= 11 is 0. The summed E-state index contributed by atoms with van der Waals surface area (Å²) in [6, 6.07) is 13.7. The van der Waals surface area contributed by atoms with Gasteiger partial charge in [-0.25, -0.2) is 0 Å². The van der Waals surface area contributed by atoms with Crippen LogP contribution in [0.25, 0.3) is 0 Å². The summed E-state index contributed by atoms with van der Waals surface area (Å²) in [5, 5.41) is 13.0. The van der Waals surface area contributed by atoms with Gasteiger partial charge in [0.2, 0.25) is 0 Å². The predicted octanol–water partition coefficient (Wildman–Crippen LogP) is 4.22. The number of phenols is 1. The van der Waals surface area contributed by atoms with Gasteiger partial charge in [0.1, 0.15) is 5.75 Å². The Morgan fingerprint density at radius 1 is 1.04 bits per heavy atom. The number of hydrogen-bond acceptors (Lipinski definition) is 3. The third-order valence-corrected chi connectivity index (χ3v) is 5.19. The van der Waals surface area contributed by atoms with Crippen LogP contribution in [0.3, 0.4) is 0 Å². The first-order chi connectivity index (χ1) is 12.8. The van der Waals surface area contributed by atoms with Gasteiger partial charge in [0, 0.05) is 13.1 Å². The molecule has 2 aromatic carbocycles. The molecule has 0 saturated carbocycles. The Morgan fingerprint density at radius 3 is 2.30 bits per heavy atom. The molecular formula is C23H30N2O2. The van der Waals surface area contributed by atoms with Crippen LogP contribution in [-0.4, -0.2) is 29.0 Å². The van der Waals surface area contributed by atoms with Gasteiger partial charge in [0.05, 0.1) is 5.56 Å². The highest BCUT2D eigenvalue weighted by molar-refractivity contribution is 5.97. The molecule has 27 heavy (non-hydrogen) atoms. The molecule has 1 aliphatic heterocycles. The molecule has 2 aromatic rings. The van der Waals surface area contributed by atoms with Crippen molar-refractivity contribution >= 4 is 5.91 Å². The van der Waals surface area contributed by atoms with Crippen molar-refractivity contribution in [1.29, 1.82) is 0 Å². The molecule has 0 unspecified atom stereocenters. The van der Waals surface area contributed by atoms with Crippen LogP contribution in [0.2, 0.25) is 0 Å². The van der Waals surface area contributed by atoms with E-state index in [2.05, 4.69) is 55.3 Å². The zero-order valence-corrected chi connectivity index (χ0v) is 16.6. The highest BCUT2D eigenvalue weighted by atomic mass is 16.3. The first-order valence-electron chi connectivity index (χ1n) is 9.75. The Bertz CT molecular complexity index is 785. The molecule has 1 amide bonds. The fraction of sp³-hybridized carbons (Fsp3) is 0.435. The summed E-state index contributed by atoms with van der Waals surface area (Å²) < 4.78 is 0. The number of amides is 1. The Balaban J connectivity index is 1.60. The summed E-state index contributed by atoms with van der Waals surface area (Å²) in [7, 11) is 0. The van der Waals surface area contributed by atoms with Gasteiger partial charge in [-0.2, -0.15) is 0 Å². The minimum atomic E-state index is -0.250. The van der Waals surface area contributed by atoms with Crippen molar-refractivity contribution in [2.24, 2.45) is 0 Å². The van der Waals surface area contributed by atoms with Crippen molar-refractivity contribution in [3.8, 4) is 5.75 Å². The molecule has 0 spiro atoms. The second-order valence-corrected chi connectivity index (χ2v) is 8.46. The summed E-state index contributed by atoms with van der Waals surface area (Å²) in [6.45, 7) is 10.1. The van der Waals surface area contributed by atoms with Gasteiger partial charge in [-0.15, -0.1) is 0 Å². The number of benzene rings is 2. The lowest BCUT2D eigenvalue weighted by atomic mass is 9.86. The van der Waals surface area contributed by atoms with Crippen molar-refractivity contribution < 1.29 is 9.90 Å². The number of nitrogens with one attached hydrogen (secondary N) is 1. The lowest BCUT2D eigenvalue weighted by Gasteiger charge is -2.20. The maximum absolute atomic E-state index is 12.5. The monoisotopic (exact) mass is 366 g/mol. The topological polar surface area (TPSA) is 52.6 Å². The predicted molar refractivity (Wildman–Crippen MR) is 109 cm³/mol. The molecule has 0 aliphatic carbocycles. The van der Waals surface area contributed by atoms with Gasteiger partial charge in [0.25, 0.3) is 5.91 Å². The smallest absolute Gasteiger partial charge is 0.255 e. The van der Waals surface area contributed by atoms with Gasteiger partial charge in [-0.3, -0.25) is 9.69 Å². The number of carbonyl (C=O) groups is 1. The maximum Gasteiger partial charge on any atom is 0.255 e. The molecule has 0 atom stereocenters. The molecule has 0 bridgehead atoms. The number of hydrogen-bond donors (Lipinski definition) is 2. The van der Waals surface area contributed by atoms with Gasteiger partial charge in [-0.05, 0) is 60.2 Å². The normalized spacial score (nSPS) is 15.1. The summed E-state index contributed by atoms with van der Waals surface area (Å²) in [5.74, 6) is -0.235.